The summed E-state index contributed by atoms with van der Waals surface area (Å²) in [6.45, 7) is 7.12. The summed E-state index contributed by atoms with van der Waals surface area (Å²) in [5, 5.41) is 7.30. The number of nitrogens with one attached hydrogen (secondary N) is 2. The molecule has 2 aromatic carbocycles. The lowest BCUT2D eigenvalue weighted by Crippen LogP contribution is -2.36. The third-order valence-corrected chi connectivity index (χ3v) is 4.58. The highest BCUT2D eigenvalue weighted by molar-refractivity contribution is 7.80. The van der Waals surface area contributed by atoms with E-state index in [1.165, 1.54) is 22.3 Å². The van der Waals surface area contributed by atoms with Gasteiger partial charge in [-0.15, -0.1) is 0 Å². The van der Waals surface area contributed by atoms with Gasteiger partial charge < -0.3 is 15.5 Å². The van der Waals surface area contributed by atoms with Crippen LogP contribution in [0.25, 0.3) is 0 Å². The molecule has 1 atom stereocenters. The molecule has 4 heteroatoms. The fourth-order valence-corrected chi connectivity index (χ4v) is 3.19. The molecular formula is C21H29N3S. The van der Waals surface area contributed by atoms with Crippen LogP contribution in [0.3, 0.4) is 0 Å². The van der Waals surface area contributed by atoms with E-state index in [1.54, 1.807) is 0 Å². The van der Waals surface area contributed by atoms with Gasteiger partial charge in [-0.1, -0.05) is 37.3 Å². The van der Waals surface area contributed by atoms with Gasteiger partial charge in [0.15, 0.2) is 5.11 Å². The third kappa shape index (κ3) is 5.83. The zero-order chi connectivity index (χ0) is 18.4. The Morgan fingerprint density at radius 3 is 2.16 bits per heavy atom. The van der Waals surface area contributed by atoms with E-state index in [2.05, 4.69) is 92.9 Å². The van der Waals surface area contributed by atoms with Crippen molar-refractivity contribution in [2.24, 2.45) is 0 Å². The lowest BCUT2D eigenvalue weighted by atomic mass is 10.0. The Balaban J connectivity index is 1.99. The van der Waals surface area contributed by atoms with Crippen molar-refractivity contribution >= 4 is 23.0 Å². The quantitative estimate of drug-likeness (QED) is 0.749. The van der Waals surface area contributed by atoms with E-state index in [0.717, 1.165) is 18.7 Å². The van der Waals surface area contributed by atoms with Crippen LogP contribution in [0.4, 0.5) is 5.69 Å². The molecule has 0 aliphatic heterocycles. The van der Waals surface area contributed by atoms with Crippen LogP contribution >= 0.6 is 12.2 Å². The molecule has 0 aromatic heterocycles. The van der Waals surface area contributed by atoms with Gasteiger partial charge in [0.25, 0.3) is 0 Å². The highest BCUT2D eigenvalue weighted by atomic mass is 32.1. The molecule has 0 aliphatic rings. The number of rotatable bonds is 6. The van der Waals surface area contributed by atoms with Crippen LogP contribution in [-0.4, -0.2) is 30.7 Å². The van der Waals surface area contributed by atoms with E-state index < -0.39 is 0 Å². The Bertz CT molecular complexity index is 687. The molecule has 0 saturated heterocycles. The minimum absolute atomic E-state index is 0.268. The van der Waals surface area contributed by atoms with Crippen molar-refractivity contribution in [3.05, 3.63) is 64.7 Å². The number of aryl methyl sites for hydroxylation is 3. The number of hydrogen-bond donors (Lipinski definition) is 2. The van der Waals surface area contributed by atoms with E-state index in [0.29, 0.717) is 5.11 Å². The highest BCUT2D eigenvalue weighted by Gasteiger charge is 2.14. The molecule has 0 fully saturated rings. The summed E-state index contributed by atoms with van der Waals surface area (Å²) in [4.78, 5) is 2.22. The Labute approximate surface area is 157 Å². The molecule has 0 spiro atoms. The summed E-state index contributed by atoms with van der Waals surface area (Å²) >= 11 is 5.48. The fourth-order valence-electron chi connectivity index (χ4n) is 2.99. The second-order valence-corrected chi connectivity index (χ2v) is 7.19. The summed E-state index contributed by atoms with van der Waals surface area (Å²) < 4.78 is 0. The fraction of sp³-hybridized carbons (Fsp3) is 0.381. The van der Waals surface area contributed by atoms with Gasteiger partial charge in [0.1, 0.15) is 0 Å². The molecule has 2 N–H and O–H groups in total. The van der Waals surface area contributed by atoms with Crippen molar-refractivity contribution < 1.29 is 0 Å². The van der Waals surface area contributed by atoms with Gasteiger partial charge in [-0.05, 0) is 81.0 Å². The van der Waals surface area contributed by atoms with Crippen molar-refractivity contribution in [2.45, 2.75) is 33.2 Å². The van der Waals surface area contributed by atoms with Crippen LogP contribution in [0, 0.1) is 13.8 Å². The molecule has 0 unspecified atom stereocenters. The third-order valence-electron chi connectivity index (χ3n) is 4.33. The van der Waals surface area contributed by atoms with Gasteiger partial charge in [-0.3, -0.25) is 0 Å². The van der Waals surface area contributed by atoms with Crippen LogP contribution in [0.1, 0.15) is 35.2 Å². The Hall–Kier alpha value is -1.91. The lowest BCUT2D eigenvalue weighted by Gasteiger charge is -2.26. The largest absolute Gasteiger partial charge is 0.361 e. The number of thiocarbonyl (C=S) groups is 1. The van der Waals surface area contributed by atoms with Gasteiger partial charge in [0.05, 0.1) is 6.04 Å². The zero-order valence-electron chi connectivity index (χ0n) is 15.9. The van der Waals surface area contributed by atoms with Crippen LogP contribution < -0.4 is 10.6 Å². The smallest absolute Gasteiger partial charge is 0.170 e. The van der Waals surface area contributed by atoms with Gasteiger partial charge in [-0.25, -0.2) is 0 Å². The average molecular weight is 356 g/mol. The maximum Gasteiger partial charge on any atom is 0.170 e. The van der Waals surface area contributed by atoms with Crippen LogP contribution in [0.5, 0.6) is 0 Å². The molecule has 134 valence electrons. The maximum absolute atomic E-state index is 5.48. The average Bonchev–Trinajstić information content (AvgIpc) is 2.54. The summed E-state index contributed by atoms with van der Waals surface area (Å²) in [6, 6.07) is 15.5. The SMILES string of the molecule is CCc1ccc([C@H](CNC(=S)Nc2cc(C)cc(C)c2)N(C)C)cc1. The first kappa shape index (κ1) is 19.4. The van der Waals surface area contributed by atoms with E-state index in [-0.39, 0.29) is 6.04 Å². The molecule has 0 radical (unpaired) electrons. The van der Waals surface area contributed by atoms with Gasteiger partial charge >= 0.3 is 0 Å². The van der Waals surface area contributed by atoms with E-state index >= 15 is 0 Å². The van der Waals surface area contributed by atoms with Crippen molar-refractivity contribution in [3.8, 4) is 0 Å². The van der Waals surface area contributed by atoms with Crippen molar-refractivity contribution in [3.63, 3.8) is 0 Å². The second kappa shape index (κ2) is 8.97. The molecule has 3 nitrogen and oxygen atoms in total. The van der Waals surface area contributed by atoms with Crippen molar-refractivity contribution in [1.29, 1.82) is 0 Å². The predicted octanol–water partition coefficient (Wildman–Crippen LogP) is 4.46. The standard InChI is InChI=1S/C21H29N3S/c1-6-17-7-9-18(10-8-17)20(24(4)5)14-22-21(25)23-19-12-15(2)11-16(3)13-19/h7-13,20H,6,14H2,1-5H3,(H2,22,23,25)/t20-/m0/s1. The second-order valence-electron chi connectivity index (χ2n) is 6.79. The molecule has 0 saturated carbocycles. The number of benzene rings is 2. The Kier molecular flexibility index (Phi) is 6.97. The van der Waals surface area contributed by atoms with E-state index in [9.17, 15) is 0 Å². The monoisotopic (exact) mass is 355 g/mol. The van der Waals surface area contributed by atoms with E-state index in [4.69, 9.17) is 12.2 Å². The van der Waals surface area contributed by atoms with Crippen LogP contribution in [0.2, 0.25) is 0 Å². The first-order valence-electron chi connectivity index (χ1n) is 8.77. The molecule has 0 heterocycles. The summed E-state index contributed by atoms with van der Waals surface area (Å²) in [5.74, 6) is 0. The minimum Gasteiger partial charge on any atom is -0.361 e. The highest BCUT2D eigenvalue weighted by Crippen LogP contribution is 2.19. The van der Waals surface area contributed by atoms with Gasteiger partial charge in [-0.2, -0.15) is 0 Å². The van der Waals surface area contributed by atoms with Crippen LogP contribution in [0.15, 0.2) is 42.5 Å². The summed E-state index contributed by atoms with van der Waals surface area (Å²) in [7, 11) is 4.20. The molecule has 25 heavy (non-hydrogen) atoms. The number of nitrogens with zero attached hydrogens (tertiary/aromatic N) is 1. The minimum atomic E-state index is 0.268. The molecule has 0 bridgehead atoms. The van der Waals surface area contributed by atoms with E-state index in [1.807, 2.05) is 0 Å². The van der Waals surface area contributed by atoms with Crippen molar-refractivity contribution in [2.75, 3.05) is 26.0 Å². The number of likely N-dealkylation sites (N-methyl/N-ethyl adjacent to an activating group) is 1. The molecular weight excluding hydrogens is 326 g/mol. The topological polar surface area (TPSA) is 27.3 Å². The maximum atomic E-state index is 5.48. The number of anilines is 1. The normalized spacial score (nSPS) is 12.1. The lowest BCUT2D eigenvalue weighted by molar-refractivity contribution is 0.299. The molecule has 2 aromatic rings. The Morgan fingerprint density at radius 2 is 1.64 bits per heavy atom. The first-order valence-corrected chi connectivity index (χ1v) is 9.18. The van der Waals surface area contributed by atoms with Crippen molar-refractivity contribution in [1.82, 2.24) is 10.2 Å². The van der Waals surface area contributed by atoms with Gasteiger partial charge in [0.2, 0.25) is 0 Å². The first-order chi connectivity index (χ1) is 11.9. The molecule has 2 rings (SSSR count). The van der Waals surface area contributed by atoms with Gasteiger partial charge in [0, 0.05) is 12.2 Å². The zero-order valence-corrected chi connectivity index (χ0v) is 16.7. The summed E-state index contributed by atoms with van der Waals surface area (Å²) in [6.07, 6.45) is 1.06. The number of hydrogen-bond acceptors (Lipinski definition) is 2. The summed E-state index contributed by atoms with van der Waals surface area (Å²) in [5.41, 5.74) is 6.15. The Morgan fingerprint density at radius 1 is 1.04 bits per heavy atom. The van der Waals surface area contributed by atoms with Crippen LogP contribution in [-0.2, 0) is 6.42 Å². The molecule has 0 amide bonds. The molecule has 0 aliphatic carbocycles. The predicted molar refractivity (Wildman–Crippen MR) is 112 cm³/mol.